The maximum absolute atomic E-state index is 13.5. The van der Waals surface area contributed by atoms with Crippen LogP contribution in [-0.2, 0) is 0 Å². The third-order valence-electron chi connectivity index (χ3n) is 4.06. The number of rotatable bonds is 3. The summed E-state index contributed by atoms with van der Waals surface area (Å²) in [5.41, 5.74) is 0.664. The van der Waals surface area contributed by atoms with Gasteiger partial charge >= 0.3 is 0 Å². The number of benzene rings is 1. The van der Waals surface area contributed by atoms with Gasteiger partial charge in [0.15, 0.2) is 0 Å². The Hall–Kier alpha value is -1.04. The fourth-order valence-electron chi connectivity index (χ4n) is 3.00. The number of nitrogens with zero attached hydrogens (tertiary/aromatic N) is 2. The van der Waals surface area contributed by atoms with Crippen molar-refractivity contribution in [1.29, 1.82) is 0 Å². The smallest absolute Gasteiger partial charge is 0.126 e. The van der Waals surface area contributed by atoms with Gasteiger partial charge in [0.25, 0.3) is 0 Å². The molecule has 2 unspecified atom stereocenters. The third kappa shape index (κ3) is 3.53. The summed E-state index contributed by atoms with van der Waals surface area (Å²) in [7, 11) is 6.00. The van der Waals surface area contributed by atoms with Crippen LogP contribution in [0.25, 0.3) is 0 Å². The lowest BCUT2D eigenvalue weighted by Crippen LogP contribution is -2.46. The van der Waals surface area contributed by atoms with E-state index in [9.17, 15) is 8.78 Å². The monoisotopic (exact) mass is 283 g/mol. The van der Waals surface area contributed by atoms with E-state index in [1.54, 1.807) is 0 Å². The Labute approximate surface area is 119 Å². The molecule has 1 aliphatic heterocycles. The van der Waals surface area contributed by atoms with Crippen molar-refractivity contribution in [3.8, 4) is 0 Å². The van der Waals surface area contributed by atoms with Crippen molar-refractivity contribution < 1.29 is 8.78 Å². The molecule has 5 heteroatoms. The van der Waals surface area contributed by atoms with E-state index >= 15 is 0 Å². The summed E-state index contributed by atoms with van der Waals surface area (Å²) in [5, 5.41) is 3.22. The van der Waals surface area contributed by atoms with Crippen molar-refractivity contribution in [3.63, 3.8) is 0 Å². The number of hydrogen-bond acceptors (Lipinski definition) is 3. The van der Waals surface area contributed by atoms with Crippen molar-refractivity contribution in [3.05, 3.63) is 35.4 Å². The standard InChI is InChI=1S/C15H23F2N3/c1-18-15(11-7-12(16)9-13(17)8-11)14-10-19(2)5-4-6-20(14)3/h7-9,14-15,18H,4-6,10H2,1-3H3. The Bertz CT molecular complexity index is 432. The summed E-state index contributed by atoms with van der Waals surface area (Å²) < 4.78 is 26.9. The maximum Gasteiger partial charge on any atom is 0.126 e. The predicted octanol–water partition coefficient (Wildman–Crippen LogP) is 1.86. The van der Waals surface area contributed by atoms with Gasteiger partial charge in [-0.2, -0.15) is 0 Å². The second-order valence-corrected chi connectivity index (χ2v) is 5.63. The van der Waals surface area contributed by atoms with Crippen LogP contribution in [0.5, 0.6) is 0 Å². The van der Waals surface area contributed by atoms with Crippen molar-refractivity contribution in [2.75, 3.05) is 40.8 Å². The molecule has 2 rings (SSSR count). The minimum absolute atomic E-state index is 0.0919. The SMILES string of the molecule is CNC(c1cc(F)cc(F)c1)C1CN(C)CCCN1C. The van der Waals surface area contributed by atoms with Crippen LogP contribution in [0.3, 0.4) is 0 Å². The second-order valence-electron chi connectivity index (χ2n) is 5.63. The quantitative estimate of drug-likeness (QED) is 0.913. The molecule has 0 spiro atoms. The van der Waals surface area contributed by atoms with Crippen LogP contribution >= 0.6 is 0 Å². The molecule has 1 saturated heterocycles. The highest BCUT2D eigenvalue weighted by atomic mass is 19.1. The molecule has 1 aromatic rings. The van der Waals surface area contributed by atoms with Gasteiger partial charge in [0.2, 0.25) is 0 Å². The summed E-state index contributed by atoms with van der Waals surface area (Å²) in [5.74, 6) is -1.05. The van der Waals surface area contributed by atoms with Crippen LogP contribution in [0, 0.1) is 11.6 Å². The average molecular weight is 283 g/mol. The van der Waals surface area contributed by atoms with Gasteiger partial charge in [-0.1, -0.05) is 0 Å². The first-order valence-electron chi connectivity index (χ1n) is 7.03. The third-order valence-corrected chi connectivity index (χ3v) is 4.06. The molecule has 0 saturated carbocycles. The number of halogens is 2. The van der Waals surface area contributed by atoms with Gasteiger partial charge in [0.05, 0.1) is 0 Å². The van der Waals surface area contributed by atoms with E-state index in [1.165, 1.54) is 12.1 Å². The van der Waals surface area contributed by atoms with E-state index in [0.29, 0.717) is 5.56 Å². The summed E-state index contributed by atoms with van der Waals surface area (Å²) in [4.78, 5) is 4.54. The summed E-state index contributed by atoms with van der Waals surface area (Å²) >= 11 is 0. The number of likely N-dealkylation sites (N-methyl/N-ethyl adjacent to an activating group) is 3. The van der Waals surface area contributed by atoms with Gasteiger partial charge in [-0.25, -0.2) is 8.78 Å². The fraction of sp³-hybridized carbons (Fsp3) is 0.600. The zero-order valence-corrected chi connectivity index (χ0v) is 12.4. The zero-order chi connectivity index (χ0) is 14.7. The van der Waals surface area contributed by atoms with Gasteiger partial charge in [-0.15, -0.1) is 0 Å². The van der Waals surface area contributed by atoms with E-state index in [2.05, 4.69) is 29.2 Å². The summed E-state index contributed by atoms with van der Waals surface area (Å²) in [6.45, 7) is 2.92. The lowest BCUT2D eigenvalue weighted by molar-refractivity contribution is 0.182. The van der Waals surface area contributed by atoms with Crippen molar-refractivity contribution in [2.45, 2.75) is 18.5 Å². The summed E-state index contributed by atoms with van der Waals surface area (Å²) in [6, 6.07) is 3.85. The molecule has 1 aliphatic rings. The molecule has 20 heavy (non-hydrogen) atoms. The molecule has 0 aliphatic carbocycles. The van der Waals surface area contributed by atoms with Crippen LogP contribution in [0.15, 0.2) is 18.2 Å². The molecule has 2 atom stereocenters. The number of nitrogens with one attached hydrogen (secondary N) is 1. The lowest BCUT2D eigenvalue weighted by Gasteiger charge is -2.34. The molecule has 1 fully saturated rings. The Morgan fingerprint density at radius 3 is 2.40 bits per heavy atom. The lowest BCUT2D eigenvalue weighted by atomic mass is 9.97. The molecule has 0 aromatic heterocycles. The Morgan fingerprint density at radius 1 is 1.15 bits per heavy atom. The van der Waals surface area contributed by atoms with Crippen LogP contribution in [0.2, 0.25) is 0 Å². The molecule has 1 aromatic carbocycles. The largest absolute Gasteiger partial charge is 0.312 e. The molecule has 1 N–H and O–H groups in total. The molecule has 0 radical (unpaired) electrons. The van der Waals surface area contributed by atoms with Crippen molar-refractivity contribution >= 4 is 0 Å². The molecular formula is C15H23F2N3. The fourth-order valence-corrected chi connectivity index (χ4v) is 3.00. The first kappa shape index (κ1) is 15.4. The molecule has 1 heterocycles. The highest BCUT2D eigenvalue weighted by molar-refractivity contribution is 5.23. The normalized spacial score (nSPS) is 23.6. The Morgan fingerprint density at radius 2 is 1.80 bits per heavy atom. The molecule has 0 amide bonds. The minimum atomic E-state index is -0.523. The Balaban J connectivity index is 2.29. The predicted molar refractivity (Wildman–Crippen MR) is 76.7 cm³/mol. The second kappa shape index (κ2) is 6.61. The van der Waals surface area contributed by atoms with Crippen molar-refractivity contribution in [2.24, 2.45) is 0 Å². The first-order chi connectivity index (χ1) is 9.51. The van der Waals surface area contributed by atoms with Crippen LogP contribution in [0.4, 0.5) is 8.78 Å². The zero-order valence-electron chi connectivity index (χ0n) is 12.4. The Kier molecular flexibility index (Phi) is 5.07. The number of hydrogen-bond donors (Lipinski definition) is 1. The van der Waals surface area contributed by atoms with E-state index in [0.717, 1.165) is 32.1 Å². The van der Waals surface area contributed by atoms with Gasteiger partial charge in [0, 0.05) is 24.7 Å². The molecule has 0 bridgehead atoms. The minimum Gasteiger partial charge on any atom is -0.312 e. The van der Waals surface area contributed by atoms with E-state index < -0.39 is 11.6 Å². The van der Waals surface area contributed by atoms with Gasteiger partial charge < -0.3 is 15.1 Å². The van der Waals surface area contributed by atoms with E-state index in [4.69, 9.17) is 0 Å². The highest BCUT2D eigenvalue weighted by Gasteiger charge is 2.29. The molecular weight excluding hydrogens is 260 g/mol. The topological polar surface area (TPSA) is 18.5 Å². The van der Waals surface area contributed by atoms with Crippen LogP contribution in [0.1, 0.15) is 18.0 Å². The molecule has 3 nitrogen and oxygen atoms in total. The molecule has 112 valence electrons. The first-order valence-corrected chi connectivity index (χ1v) is 7.03. The average Bonchev–Trinajstić information content (AvgIpc) is 2.52. The van der Waals surface area contributed by atoms with E-state index in [-0.39, 0.29) is 12.1 Å². The van der Waals surface area contributed by atoms with Crippen molar-refractivity contribution in [1.82, 2.24) is 15.1 Å². The van der Waals surface area contributed by atoms with Gasteiger partial charge in [0.1, 0.15) is 11.6 Å². The van der Waals surface area contributed by atoms with Crippen LogP contribution < -0.4 is 5.32 Å². The van der Waals surface area contributed by atoms with Gasteiger partial charge in [-0.3, -0.25) is 0 Å². The maximum atomic E-state index is 13.5. The van der Waals surface area contributed by atoms with Gasteiger partial charge in [-0.05, 0) is 58.3 Å². The van der Waals surface area contributed by atoms with Crippen LogP contribution in [-0.4, -0.2) is 56.6 Å². The summed E-state index contributed by atoms with van der Waals surface area (Å²) in [6.07, 6.45) is 1.11. The highest BCUT2D eigenvalue weighted by Crippen LogP contribution is 2.24. The van der Waals surface area contributed by atoms with E-state index in [1.807, 2.05) is 7.05 Å².